The Labute approximate surface area is 176 Å². The second kappa shape index (κ2) is 7.71. The average Bonchev–Trinajstić information content (AvgIpc) is 3.34. The van der Waals surface area contributed by atoms with E-state index in [0.29, 0.717) is 13.1 Å². The van der Waals surface area contributed by atoms with Crippen LogP contribution >= 0.6 is 11.3 Å². The lowest BCUT2D eigenvalue weighted by molar-refractivity contribution is 0.175. The van der Waals surface area contributed by atoms with Crippen LogP contribution in [0.3, 0.4) is 0 Å². The lowest BCUT2D eigenvalue weighted by Gasteiger charge is -2.28. The molecule has 0 saturated carbocycles. The SMILES string of the molecule is C[C@H]1c2cccn2-c2sc3c(c2CN1C(=O)NCCc1ccccc1)CCCC3. The van der Waals surface area contributed by atoms with Gasteiger partial charge < -0.3 is 14.8 Å². The predicted molar refractivity (Wildman–Crippen MR) is 118 cm³/mol. The third-order valence-electron chi connectivity index (χ3n) is 6.28. The number of carbonyl (C=O) groups is 1. The highest BCUT2D eigenvalue weighted by Gasteiger charge is 2.32. The Hall–Kier alpha value is -2.53. The molecule has 1 aromatic carbocycles. The third kappa shape index (κ3) is 3.38. The van der Waals surface area contributed by atoms with Crippen molar-refractivity contribution in [2.75, 3.05) is 6.54 Å². The molecule has 29 heavy (non-hydrogen) atoms. The van der Waals surface area contributed by atoms with E-state index in [1.54, 1.807) is 0 Å². The Kier molecular flexibility index (Phi) is 4.92. The summed E-state index contributed by atoms with van der Waals surface area (Å²) in [6.45, 7) is 3.49. The molecule has 0 saturated heterocycles. The molecule has 2 aliphatic rings. The lowest BCUT2D eigenvalue weighted by atomic mass is 9.95. The highest BCUT2D eigenvalue weighted by molar-refractivity contribution is 7.15. The number of hydrogen-bond donors (Lipinski definition) is 1. The summed E-state index contributed by atoms with van der Waals surface area (Å²) in [5.41, 5.74) is 5.32. The van der Waals surface area contributed by atoms with Gasteiger partial charge in [-0.1, -0.05) is 30.3 Å². The molecule has 0 unspecified atom stereocenters. The molecule has 0 spiro atoms. The molecule has 1 aliphatic carbocycles. The first kappa shape index (κ1) is 18.5. The highest BCUT2D eigenvalue weighted by Crippen LogP contribution is 2.42. The number of fused-ring (bicyclic) bond motifs is 5. The number of aromatic nitrogens is 1. The zero-order valence-electron chi connectivity index (χ0n) is 16.9. The van der Waals surface area contributed by atoms with Crippen molar-refractivity contribution >= 4 is 17.4 Å². The van der Waals surface area contributed by atoms with Gasteiger partial charge in [0.1, 0.15) is 5.00 Å². The second-order valence-electron chi connectivity index (χ2n) is 8.07. The molecule has 1 N–H and O–H groups in total. The minimum absolute atomic E-state index is 0.0322. The first-order valence-electron chi connectivity index (χ1n) is 10.6. The van der Waals surface area contributed by atoms with E-state index in [2.05, 4.69) is 47.3 Å². The molecule has 2 amide bonds. The Morgan fingerprint density at radius 3 is 2.79 bits per heavy atom. The van der Waals surface area contributed by atoms with Crippen LogP contribution in [0.25, 0.3) is 5.00 Å². The van der Waals surface area contributed by atoms with Crippen LogP contribution in [0.4, 0.5) is 4.79 Å². The molecule has 0 bridgehead atoms. The summed E-state index contributed by atoms with van der Waals surface area (Å²) in [5.74, 6) is 0. The summed E-state index contributed by atoms with van der Waals surface area (Å²) in [7, 11) is 0. The van der Waals surface area contributed by atoms with Gasteiger partial charge in [-0.15, -0.1) is 11.3 Å². The topological polar surface area (TPSA) is 37.3 Å². The van der Waals surface area contributed by atoms with Crippen molar-refractivity contribution in [1.29, 1.82) is 0 Å². The van der Waals surface area contributed by atoms with Crippen molar-refractivity contribution in [1.82, 2.24) is 14.8 Å². The molecule has 0 radical (unpaired) electrons. The average molecular weight is 406 g/mol. The van der Waals surface area contributed by atoms with E-state index in [1.165, 1.54) is 51.5 Å². The maximum atomic E-state index is 13.2. The number of nitrogens with zero attached hydrogens (tertiary/aromatic N) is 2. The first-order chi connectivity index (χ1) is 14.2. The zero-order valence-corrected chi connectivity index (χ0v) is 17.7. The summed E-state index contributed by atoms with van der Waals surface area (Å²) < 4.78 is 2.32. The molecular formula is C24H27N3OS. The number of hydrogen-bond acceptors (Lipinski definition) is 2. The molecule has 3 heterocycles. The largest absolute Gasteiger partial charge is 0.338 e. The van der Waals surface area contributed by atoms with Crippen LogP contribution in [0.5, 0.6) is 0 Å². The molecule has 1 aliphatic heterocycles. The maximum absolute atomic E-state index is 13.2. The zero-order chi connectivity index (χ0) is 19.8. The summed E-state index contributed by atoms with van der Waals surface area (Å²) in [6, 6.07) is 14.7. The van der Waals surface area contributed by atoms with Crippen LogP contribution in [0.2, 0.25) is 0 Å². The fourth-order valence-electron chi connectivity index (χ4n) is 4.67. The molecular weight excluding hydrogens is 378 g/mol. The van der Waals surface area contributed by atoms with Crippen LogP contribution in [-0.4, -0.2) is 22.0 Å². The fraction of sp³-hybridized carbons (Fsp3) is 0.375. The number of carbonyl (C=O) groups excluding carboxylic acids is 1. The molecule has 3 aromatic rings. The van der Waals surface area contributed by atoms with Crippen molar-refractivity contribution in [2.45, 2.75) is 51.6 Å². The van der Waals surface area contributed by atoms with Gasteiger partial charge in [0.15, 0.2) is 0 Å². The van der Waals surface area contributed by atoms with Crippen LogP contribution in [-0.2, 0) is 25.8 Å². The molecule has 0 fully saturated rings. The fourth-order valence-corrected chi connectivity index (χ4v) is 6.07. The van der Waals surface area contributed by atoms with Gasteiger partial charge in [-0.2, -0.15) is 0 Å². The van der Waals surface area contributed by atoms with Gasteiger partial charge in [0.25, 0.3) is 0 Å². The van der Waals surface area contributed by atoms with Crippen LogP contribution < -0.4 is 5.32 Å². The number of thiophene rings is 1. The van der Waals surface area contributed by atoms with E-state index in [1.807, 2.05) is 34.4 Å². The van der Waals surface area contributed by atoms with E-state index < -0.39 is 0 Å². The van der Waals surface area contributed by atoms with E-state index >= 15 is 0 Å². The molecule has 150 valence electrons. The van der Waals surface area contributed by atoms with E-state index in [9.17, 15) is 4.79 Å². The quantitative estimate of drug-likeness (QED) is 0.635. The monoisotopic (exact) mass is 405 g/mol. The van der Waals surface area contributed by atoms with Crippen LogP contribution in [0, 0.1) is 0 Å². The molecule has 5 heteroatoms. The van der Waals surface area contributed by atoms with Gasteiger partial charge in [-0.3, -0.25) is 0 Å². The van der Waals surface area contributed by atoms with Crippen molar-refractivity contribution in [3.63, 3.8) is 0 Å². The van der Waals surface area contributed by atoms with Gasteiger partial charge in [0.2, 0.25) is 0 Å². The summed E-state index contributed by atoms with van der Waals surface area (Å²) in [4.78, 5) is 16.7. The van der Waals surface area contributed by atoms with Gasteiger partial charge in [-0.25, -0.2) is 4.79 Å². The van der Waals surface area contributed by atoms with Gasteiger partial charge >= 0.3 is 6.03 Å². The standard InChI is InChI=1S/C24H27N3OS/c1-17-21-11-7-15-26(21)23-20(19-10-5-6-12-22(19)29-23)16-27(17)24(28)25-14-13-18-8-3-2-4-9-18/h2-4,7-9,11,15,17H,5-6,10,12-14,16H2,1H3,(H,25,28)/t17-/m0/s1. The van der Waals surface area contributed by atoms with E-state index in [4.69, 9.17) is 0 Å². The summed E-state index contributed by atoms with van der Waals surface area (Å²) in [6.07, 6.45) is 7.88. The lowest BCUT2D eigenvalue weighted by Crippen LogP contribution is -2.41. The molecule has 4 nitrogen and oxygen atoms in total. The second-order valence-corrected chi connectivity index (χ2v) is 9.15. The van der Waals surface area contributed by atoms with Crippen LogP contribution in [0.1, 0.15) is 53.1 Å². The van der Waals surface area contributed by atoms with Gasteiger partial charge in [-0.05, 0) is 62.3 Å². The smallest absolute Gasteiger partial charge is 0.318 e. The maximum Gasteiger partial charge on any atom is 0.318 e. The Morgan fingerprint density at radius 2 is 1.93 bits per heavy atom. The summed E-state index contributed by atoms with van der Waals surface area (Å²) in [5, 5.41) is 4.49. The van der Waals surface area contributed by atoms with Crippen LogP contribution in [0.15, 0.2) is 48.7 Å². The Morgan fingerprint density at radius 1 is 1.10 bits per heavy atom. The minimum Gasteiger partial charge on any atom is -0.338 e. The van der Waals surface area contributed by atoms with Crippen molar-refractivity contribution in [2.24, 2.45) is 0 Å². The number of aryl methyl sites for hydroxylation is 1. The summed E-state index contributed by atoms with van der Waals surface area (Å²) >= 11 is 1.93. The highest BCUT2D eigenvalue weighted by atomic mass is 32.1. The predicted octanol–water partition coefficient (Wildman–Crippen LogP) is 5.25. The number of rotatable bonds is 3. The van der Waals surface area contributed by atoms with E-state index in [0.717, 1.165) is 12.8 Å². The first-order valence-corrected chi connectivity index (χ1v) is 11.4. The number of amides is 2. The van der Waals surface area contributed by atoms with Gasteiger partial charge in [0, 0.05) is 28.9 Å². The minimum atomic E-state index is 0.0322. The van der Waals surface area contributed by atoms with E-state index in [-0.39, 0.29) is 12.1 Å². The molecule has 2 aromatic heterocycles. The van der Waals surface area contributed by atoms with Crippen molar-refractivity contribution in [3.8, 4) is 5.00 Å². The van der Waals surface area contributed by atoms with Crippen molar-refractivity contribution in [3.05, 3.63) is 75.9 Å². The normalized spacial score (nSPS) is 17.8. The van der Waals surface area contributed by atoms with Crippen molar-refractivity contribution < 1.29 is 4.79 Å². The number of nitrogens with one attached hydrogen (secondary N) is 1. The molecule has 5 rings (SSSR count). The van der Waals surface area contributed by atoms with Gasteiger partial charge in [0.05, 0.1) is 12.6 Å². The number of urea groups is 1. The Balaban J connectivity index is 1.41. The number of benzene rings is 1. The third-order valence-corrected chi connectivity index (χ3v) is 7.61. The molecule has 1 atom stereocenters. The Bertz CT molecular complexity index is 1020.